The van der Waals surface area contributed by atoms with E-state index in [1.807, 2.05) is 0 Å². The second kappa shape index (κ2) is 10.2. The molecule has 0 aliphatic carbocycles. The van der Waals surface area contributed by atoms with E-state index < -0.39 is 11.9 Å². The van der Waals surface area contributed by atoms with Gasteiger partial charge in [0.15, 0.2) is 6.61 Å². The minimum atomic E-state index is -0.742. The zero-order chi connectivity index (χ0) is 20.8. The number of hydrogen-bond acceptors (Lipinski definition) is 3. The topological polar surface area (TPSA) is 58.6 Å². The van der Waals surface area contributed by atoms with Crippen LogP contribution in [-0.2, 0) is 16.1 Å². The van der Waals surface area contributed by atoms with Crippen molar-refractivity contribution in [3.05, 3.63) is 62.1 Å². The molecule has 0 aromatic heterocycles. The monoisotopic (exact) mass is 462 g/mol. The van der Waals surface area contributed by atoms with Gasteiger partial charge < -0.3 is 15.0 Å². The highest BCUT2D eigenvalue weighted by molar-refractivity contribution is 6.35. The van der Waals surface area contributed by atoms with Crippen LogP contribution in [0.15, 0.2) is 36.4 Å². The zero-order valence-corrected chi connectivity index (χ0v) is 18.2. The van der Waals surface area contributed by atoms with Crippen molar-refractivity contribution in [1.82, 2.24) is 10.2 Å². The first-order valence-corrected chi connectivity index (χ1v) is 9.77. The normalized spacial score (nSPS) is 11.6. The predicted octanol–water partition coefficient (Wildman–Crippen LogP) is 4.84. The lowest BCUT2D eigenvalue weighted by atomic mass is 10.1. The molecule has 0 radical (unpaired) electrons. The number of halogens is 4. The first kappa shape index (κ1) is 22.6. The molecular weight excluding hydrogens is 446 g/mol. The number of rotatable bonds is 7. The van der Waals surface area contributed by atoms with Gasteiger partial charge in [0.05, 0.1) is 5.02 Å². The van der Waals surface area contributed by atoms with Crippen molar-refractivity contribution in [2.45, 2.75) is 19.5 Å². The molecule has 9 heteroatoms. The molecule has 0 aliphatic heterocycles. The molecule has 0 saturated heterocycles. The average Bonchev–Trinajstić information content (AvgIpc) is 2.65. The molecular formula is C19H18Cl4N2O3. The van der Waals surface area contributed by atoms with Crippen molar-refractivity contribution in [3.8, 4) is 5.75 Å². The molecule has 0 fully saturated rings. The summed E-state index contributed by atoms with van der Waals surface area (Å²) in [6.45, 7) is 1.42. The summed E-state index contributed by atoms with van der Waals surface area (Å²) in [6.07, 6.45) is 0. The Balaban J connectivity index is 2.19. The van der Waals surface area contributed by atoms with Gasteiger partial charge in [-0.2, -0.15) is 0 Å². The highest BCUT2D eigenvalue weighted by Gasteiger charge is 2.26. The van der Waals surface area contributed by atoms with E-state index in [-0.39, 0.29) is 24.1 Å². The second-order valence-electron chi connectivity index (χ2n) is 5.91. The van der Waals surface area contributed by atoms with Gasteiger partial charge in [-0.3, -0.25) is 9.59 Å². The molecule has 1 unspecified atom stereocenters. The van der Waals surface area contributed by atoms with Gasteiger partial charge in [0.25, 0.3) is 5.91 Å². The molecule has 28 heavy (non-hydrogen) atoms. The molecule has 1 N–H and O–H groups in total. The number of ether oxygens (including phenoxy) is 1. The van der Waals surface area contributed by atoms with Gasteiger partial charge in [0, 0.05) is 28.7 Å². The second-order valence-corrected chi connectivity index (χ2v) is 7.60. The summed E-state index contributed by atoms with van der Waals surface area (Å²) in [5, 5.41) is 4.15. The number of benzene rings is 2. The van der Waals surface area contributed by atoms with Gasteiger partial charge in [0.2, 0.25) is 5.91 Å². The SMILES string of the molecule is CNC(=O)C(C)N(Cc1ccc(Cl)cc1Cl)C(=O)COc1ccc(Cl)cc1Cl. The van der Waals surface area contributed by atoms with Crippen LogP contribution >= 0.6 is 46.4 Å². The van der Waals surface area contributed by atoms with Gasteiger partial charge in [-0.15, -0.1) is 0 Å². The molecule has 150 valence electrons. The van der Waals surface area contributed by atoms with Crippen LogP contribution in [0.2, 0.25) is 20.1 Å². The molecule has 0 spiro atoms. The van der Waals surface area contributed by atoms with Crippen LogP contribution in [0.3, 0.4) is 0 Å². The number of nitrogens with zero attached hydrogens (tertiary/aromatic N) is 1. The number of amides is 2. The number of hydrogen-bond donors (Lipinski definition) is 1. The van der Waals surface area contributed by atoms with Gasteiger partial charge in [-0.25, -0.2) is 0 Å². The summed E-state index contributed by atoms with van der Waals surface area (Å²) in [7, 11) is 1.50. The Bertz CT molecular complexity index is 876. The Kier molecular flexibility index (Phi) is 8.25. The van der Waals surface area contributed by atoms with Crippen molar-refractivity contribution >= 4 is 58.2 Å². The highest BCUT2D eigenvalue weighted by Crippen LogP contribution is 2.28. The maximum absolute atomic E-state index is 12.8. The van der Waals surface area contributed by atoms with Crippen LogP contribution in [0.5, 0.6) is 5.75 Å². The van der Waals surface area contributed by atoms with Crippen LogP contribution in [0.4, 0.5) is 0 Å². The fourth-order valence-electron chi connectivity index (χ4n) is 2.44. The van der Waals surface area contributed by atoms with Gasteiger partial charge in [-0.1, -0.05) is 52.5 Å². The molecule has 2 amide bonds. The molecule has 0 saturated carbocycles. The lowest BCUT2D eigenvalue weighted by Gasteiger charge is -2.28. The summed E-state index contributed by atoms with van der Waals surface area (Å²) in [6, 6.07) is 8.90. The van der Waals surface area contributed by atoms with E-state index >= 15 is 0 Å². The summed E-state index contributed by atoms with van der Waals surface area (Å²) in [4.78, 5) is 26.3. The molecule has 1 atom stereocenters. The van der Waals surface area contributed by atoms with Crippen molar-refractivity contribution in [2.75, 3.05) is 13.7 Å². The van der Waals surface area contributed by atoms with E-state index in [4.69, 9.17) is 51.1 Å². The summed E-state index contributed by atoms with van der Waals surface area (Å²) >= 11 is 24.1. The number of carbonyl (C=O) groups excluding carboxylic acids is 2. The minimum Gasteiger partial charge on any atom is -0.482 e. The van der Waals surface area contributed by atoms with Crippen LogP contribution in [0.25, 0.3) is 0 Å². The number of nitrogens with one attached hydrogen (secondary N) is 1. The number of likely N-dealkylation sites (N-methyl/N-ethyl adjacent to an activating group) is 1. The predicted molar refractivity (Wildman–Crippen MR) is 112 cm³/mol. The molecule has 0 bridgehead atoms. The first-order chi connectivity index (χ1) is 13.2. The van der Waals surface area contributed by atoms with Crippen LogP contribution in [-0.4, -0.2) is 36.4 Å². The molecule has 0 aliphatic rings. The number of carbonyl (C=O) groups is 2. The average molecular weight is 464 g/mol. The van der Waals surface area contributed by atoms with Crippen LogP contribution < -0.4 is 10.1 Å². The molecule has 2 aromatic carbocycles. The third kappa shape index (κ3) is 5.92. The quantitative estimate of drug-likeness (QED) is 0.638. The molecule has 2 rings (SSSR count). The summed E-state index contributed by atoms with van der Waals surface area (Å²) < 4.78 is 5.52. The van der Waals surface area contributed by atoms with E-state index in [0.717, 1.165) is 0 Å². The Morgan fingerprint density at radius 2 is 1.64 bits per heavy atom. The fraction of sp³-hybridized carbons (Fsp3) is 0.263. The zero-order valence-electron chi connectivity index (χ0n) is 15.1. The third-order valence-corrected chi connectivity index (χ3v) is 5.13. The van der Waals surface area contributed by atoms with Crippen molar-refractivity contribution < 1.29 is 14.3 Å². The van der Waals surface area contributed by atoms with Crippen molar-refractivity contribution in [3.63, 3.8) is 0 Å². The summed E-state index contributed by atoms with van der Waals surface area (Å²) in [5.74, 6) is -0.410. The minimum absolute atomic E-state index is 0.112. The van der Waals surface area contributed by atoms with E-state index in [2.05, 4.69) is 5.32 Å². The third-order valence-electron chi connectivity index (χ3n) is 4.01. The maximum Gasteiger partial charge on any atom is 0.261 e. The van der Waals surface area contributed by atoms with Gasteiger partial charge in [0.1, 0.15) is 11.8 Å². The van der Waals surface area contributed by atoms with E-state index in [1.54, 1.807) is 37.3 Å². The molecule has 0 heterocycles. The van der Waals surface area contributed by atoms with Gasteiger partial charge >= 0.3 is 0 Å². The summed E-state index contributed by atoms with van der Waals surface area (Å²) in [5.41, 5.74) is 0.652. The van der Waals surface area contributed by atoms with Crippen molar-refractivity contribution in [1.29, 1.82) is 0 Å². The standard InChI is InChI=1S/C19H18Cl4N2O3/c1-11(19(27)24-2)25(9-12-3-4-13(20)7-15(12)22)18(26)10-28-17-6-5-14(21)8-16(17)23/h3-8,11H,9-10H2,1-2H3,(H,24,27). The lowest BCUT2D eigenvalue weighted by molar-refractivity contribution is -0.142. The Labute approximate surface area is 183 Å². The lowest BCUT2D eigenvalue weighted by Crippen LogP contribution is -2.48. The fourth-order valence-corrected chi connectivity index (χ4v) is 3.37. The molecule has 2 aromatic rings. The Hall–Kier alpha value is -1.66. The van der Waals surface area contributed by atoms with E-state index in [0.29, 0.717) is 26.4 Å². The maximum atomic E-state index is 12.8. The highest BCUT2D eigenvalue weighted by atomic mass is 35.5. The largest absolute Gasteiger partial charge is 0.482 e. The van der Waals surface area contributed by atoms with Gasteiger partial charge in [-0.05, 0) is 42.8 Å². The van der Waals surface area contributed by atoms with Crippen molar-refractivity contribution in [2.24, 2.45) is 0 Å². The van der Waals surface area contributed by atoms with E-state index in [9.17, 15) is 9.59 Å². The first-order valence-electron chi connectivity index (χ1n) is 8.25. The Morgan fingerprint density at radius 3 is 2.21 bits per heavy atom. The smallest absolute Gasteiger partial charge is 0.261 e. The molecule has 5 nitrogen and oxygen atoms in total. The van der Waals surface area contributed by atoms with Crippen LogP contribution in [0, 0.1) is 0 Å². The van der Waals surface area contributed by atoms with E-state index in [1.165, 1.54) is 18.0 Å². The Morgan fingerprint density at radius 1 is 1.04 bits per heavy atom. The van der Waals surface area contributed by atoms with Crippen LogP contribution in [0.1, 0.15) is 12.5 Å².